The summed E-state index contributed by atoms with van der Waals surface area (Å²) in [7, 11) is 0. The molecule has 31 heavy (non-hydrogen) atoms. The first-order chi connectivity index (χ1) is 14.8. The molecule has 1 saturated heterocycles. The minimum atomic E-state index is -0.474. The summed E-state index contributed by atoms with van der Waals surface area (Å²) in [4.78, 5) is 25.8. The fourth-order valence-electron chi connectivity index (χ4n) is 5.06. The molecular formula is C24H31FN4O2. The van der Waals surface area contributed by atoms with Crippen molar-refractivity contribution in [1.29, 1.82) is 0 Å². The van der Waals surface area contributed by atoms with Crippen molar-refractivity contribution in [3.05, 3.63) is 42.1 Å². The van der Waals surface area contributed by atoms with Gasteiger partial charge in [0.1, 0.15) is 17.9 Å². The zero-order valence-corrected chi connectivity index (χ0v) is 18.8. The van der Waals surface area contributed by atoms with E-state index >= 15 is 0 Å². The number of hydrogen-bond donors (Lipinski definition) is 0. The molecule has 6 nitrogen and oxygen atoms in total. The van der Waals surface area contributed by atoms with Gasteiger partial charge in [-0.15, -0.1) is 0 Å². The van der Waals surface area contributed by atoms with Crippen LogP contribution in [0, 0.1) is 11.2 Å². The quantitative estimate of drug-likeness (QED) is 0.647. The number of rotatable bonds is 6. The van der Waals surface area contributed by atoms with Crippen molar-refractivity contribution < 1.29 is 13.9 Å². The van der Waals surface area contributed by atoms with E-state index in [1.165, 1.54) is 50.2 Å². The van der Waals surface area contributed by atoms with Crippen molar-refractivity contribution in [2.24, 2.45) is 5.41 Å². The van der Waals surface area contributed by atoms with Crippen molar-refractivity contribution in [2.75, 3.05) is 18.0 Å². The molecule has 2 heterocycles. The predicted molar refractivity (Wildman–Crippen MR) is 118 cm³/mol. The summed E-state index contributed by atoms with van der Waals surface area (Å²) >= 11 is 0. The fourth-order valence-corrected chi connectivity index (χ4v) is 5.06. The van der Waals surface area contributed by atoms with Crippen LogP contribution in [0.5, 0.6) is 11.5 Å². The lowest BCUT2D eigenvalue weighted by Crippen LogP contribution is -2.55. The SMILES string of the molecule is CC(C)N(C(=O)c1cc(F)ccc1Oc1cncnc1N1CC2(CCCC2)C1)C(C)C. The highest BCUT2D eigenvalue weighted by Crippen LogP contribution is 2.48. The molecule has 2 aromatic rings. The Hall–Kier alpha value is -2.70. The van der Waals surface area contributed by atoms with Gasteiger partial charge in [-0.1, -0.05) is 12.8 Å². The molecule has 0 radical (unpaired) electrons. The minimum Gasteiger partial charge on any atom is -0.451 e. The fraction of sp³-hybridized carbons (Fsp3) is 0.542. The maximum absolute atomic E-state index is 14.1. The smallest absolute Gasteiger partial charge is 0.258 e. The second-order valence-corrected chi connectivity index (χ2v) is 9.42. The van der Waals surface area contributed by atoms with Gasteiger partial charge in [0.25, 0.3) is 5.91 Å². The lowest BCUT2D eigenvalue weighted by Gasteiger charge is -2.49. The second kappa shape index (κ2) is 8.44. The number of hydrogen-bond acceptors (Lipinski definition) is 5. The first kappa shape index (κ1) is 21.5. The topological polar surface area (TPSA) is 58.6 Å². The maximum Gasteiger partial charge on any atom is 0.258 e. The summed E-state index contributed by atoms with van der Waals surface area (Å²) in [5.41, 5.74) is 0.613. The Morgan fingerprint density at radius 1 is 1.13 bits per heavy atom. The molecule has 0 atom stereocenters. The molecule has 2 aliphatic rings. The Balaban J connectivity index is 1.62. The van der Waals surface area contributed by atoms with Gasteiger partial charge < -0.3 is 14.5 Å². The first-order valence-corrected chi connectivity index (χ1v) is 11.1. The number of carbonyl (C=O) groups is 1. The van der Waals surface area contributed by atoms with Crippen molar-refractivity contribution >= 4 is 11.7 Å². The van der Waals surface area contributed by atoms with Gasteiger partial charge in [-0.2, -0.15) is 0 Å². The van der Waals surface area contributed by atoms with Crippen molar-refractivity contribution in [1.82, 2.24) is 14.9 Å². The van der Waals surface area contributed by atoms with Crippen molar-refractivity contribution in [3.8, 4) is 11.5 Å². The van der Waals surface area contributed by atoms with E-state index in [9.17, 15) is 9.18 Å². The molecule has 4 rings (SSSR count). The van der Waals surface area contributed by atoms with E-state index in [1.54, 1.807) is 11.1 Å². The lowest BCUT2D eigenvalue weighted by atomic mass is 9.78. The third-order valence-electron chi connectivity index (χ3n) is 6.41. The van der Waals surface area contributed by atoms with E-state index < -0.39 is 5.82 Å². The standard InChI is InChI=1S/C24H31FN4O2/c1-16(2)29(17(3)4)23(30)19-11-18(25)7-8-20(19)31-21-12-26-15-27-22(21)28-13-24(14-28)9-5-6-10-24/h7-8,11-12,15-17H,5-6,9-10,13-14H2,1-4H3. The number of carbonyl (C=O) groups excluding carboxylic acids is 1. The monoisotopic (exact) mass is 426 g/mol. The second-order valence-electron chi connectivity index (χ2n) is 9.42. The molecule has 0 unspecified atom stereocenters. The molecule has 1 saturated carbocycles. The summed E-state index contributed by atoms with van der Waals surface area (Å²) in [6, 6.07) is 4.01. The average Bonchev–Trinajstić information content (AvgIpc) is 3.18. The molecule has 1 aliphatic heterocycles. The molecule has 7 heteroatoms. The largest absolute Gasteiger partial charge is 0.451 e. The number of aromatic nitrogens is 2. The summed E-state index contributed by atoms with van der Waals surface area (Å²) < 4.78 is 20.2. The van der Waals surface area contributed by atoms with Crippen LogP contribution in [0.1, 0.15) is 63.7 Å². The van der Waals surface area contributed by atoms with Gasteiger partial charge in [-0.3, -0.25) is 4.79 Å². The zero-order chi connectivity index (χ0) is 22.2. The Morgan fingerprint density at radius 3 is 2.45 bits per heavy atom. The molecular weight excluding hydrogens is 395 g/mol. The highest BCUT2D eigenvalue weighted by Gasteiger charge is 2.46. The normalized spacial score (nSPS) is 17.3. The van der Waals surface area contributed by atoms with Gasteiger partial charge in [0.15, 0.2) is 11.6 Å². The lowest BCUT2D eigenvalue weighted by molar-refractivity contribution is 0.0640. The van der Waals surface area contributed by atoms with Gasteiger partial charge in [0.2, 0.25) is 0 Å². The molecule has 166 valence electrons. The van der Waals surface area contributed by atoms with Gasteiger partial charge in [0.05, 0.1) is 11.8 Å². The molecule has 1 aromatic carbocycles. The summed E-state index contributed by atoms with van der Waals surface area (Å²) in [6.45, 7) is 9.72. The van der Waals surface area contributed by atoms with Crippen LogP contribution in [0.2, 0.25) is 0 Å². The van der Waals surface area contributed by atoms with Crippen molar-refractivity contribution in [2.45, 2.75) is 65.5 Å². The van der Waals surface area contributed by atoms with Gasteiger partial charge in [-0.25, -0.2) is 14.4 Å². The number of benzene rings is 1. The Bertz CT molecular complexity index is 940. The Morgan fingerprint density at radius 2 is 1.81 bits per heavy atom. The van der Waals surface area contributed by atoms with Gasteiger partial charge >= 0.3 is 0 Å². The number of nitrogens with zero attached hydrogens (tertiary/aromatic N) is 4. The number of halogens is 1. The van der Waals surface area contributed by atoms with E-state index in [-0.39, 0.29) is 23.6 Å². The van der Waals surface area contributed by atoms with Gasteiger partial charge in [0, 0.05) is 30.6 Å². The molecule has 1 aromatic heterocycles. The third-order valence-corrected chi connectivity index (χ3v) is 6.41. The summed E-state index contributed by atoms with van der Waals surface area (Å²) in [6.07, 6.45) is 8.25. The van der Waals surface area contributed by atoms with E-state index in [0.717, 1.165) is 18.9 Å². The Labute approximate surface area is 183 Å². The van der Waals surface area contributed by atoms with E-state index in [0.29, 0.717) is 16.9 Å². The average molecular weight is 427 g/mol. The van der Waals surface area contributed by atoms with Gasteiger partial charge in [-0.05, 0) is 58.7 Å². The number of anilines is 1. The van der Waals surface area contributed by atoms with Crippen LogP contribution in [0.3, 0.4) is 0 Å². The highest BCUT2D eigenvalue weighted by molar-refractivity contribution is 5.97. The molecule has 1 spiro atoms. The third kappa shape index (κ3) is 4.23. The summed E-state index contributed by atoms with van der Waals surface area (Å²) in [5, 5.41) is 0. The van der Waals surface area contributed by atoms with Crippen LogP contribution in [0.4, 0.5) is 10.2 Å². The number of amides is 1. The van der Waals surface area contributed by atoms with E-state index in [4.69, 9.17) is 4.74 Å². The van der Waals surface area contributed by atoms with Crippen LogP contribution in [0.15, 0.2) is 30.7 Å². The molecule has 0 bridgehead atoms. The summed E-state index contributed by atoms with van der Waals surface area (Å²) in [5.74, 6) is 0.784. The molecule has 1 aliphatic carbocycles. The first-order valence-electron chi connectivity index (χ1n) is 11.1. The van der Waals surface area contributed by atoms with Crippen LogP contribution >= 0.6 is 0 Å². The Kier molecular flexibility index (Phi) is 5.86. The predicted octanol–water partition coefficient (Wildman–Crippen LogP) is 5.05. The molecule has 0 N–H and O–H groups in total. The van der Waals surface area contributed by atoms with Crippen LogP contribution in [-0.4, -0.2) is 45.9 Å². The molecule has 2 fully saturated rings. The van der Waals surface area contributed by atoms with Crippen LogP contribution in [0.25, 0.3) is 0 Å². The van der Waals surface area contributed by atoms with E-state index in [2.05, 4.69) is 14.9 Å². The van der Waals surface area contributed by atoms with Crippen molar-refractivity contribution in [3.63, 3.8) is 0 Å². The minimum absolute atomic E-state index is 0.0251. The zero-order valence-electron chi connectivity index (χ0n) is 18.8. The van der Waals surface area contributed by atoms with Crippen LogP contribution in [-0.2, 0) is 0 Å². The molecule has 1 amide bonds. The number of ether oxygens (including phenoxy) is 1. The highest BCUT2D eigenvalue weighted by atomic mass is 19.1. The van der Waals surface area contributed by atoms with E-state index in [1.807, 2.05) is 27.7 Å². The maximum atomic E-state index is 14.1. The van der Waals surface area contributed by atoms with Crippen LogP contribution < -0.4 is 9.64 Å².